The predicted octanol–water partition coefficient (Wildman–Crippen LogP) is -1.74. The number of hydrogen-bond donors (Lipinski definition) is 5. The number of carbonyl (C=O) groups is 1. The van der Waals surface area contributed by atoms with E-state index < -0.39 is 32.8 Å². The average molecular weight is 329 g/mol. The summed E-state index contributed by atoms with van der Waals surface area (Å²) in [5, 5.41) is 8.15. The SMILES string of the molecule is NC(CCS)C(=O)O.O=S(=O)(O)OOS(=O)(=O)O. The standard InChI is InChI=1S/C4H9NO2S.H2O8S2/c5-3(1-2-8)4(6)7;1-9(2,3)7-8-10(4,5)6/h3,8H,1-2,5H2,(H,6,7);(H,1,2,3)(H,4,5,6). The van der Waals surface area contributed by atoms with Crippen molar-refractivity contribution in [3.05, 3.63) is 0 Å². The summed E-state index contributed by atoms with van der Waals surface area (Å²) in [6.07, 6.45) is 0.429. The Morgan fingerprint density at radius 1 is 1.17 bits per heavy atom. The number of thiol groups is 1. The predicted molar refractivity (Wildman–Crippen MR) is 59.3 cm³/mol. The van der Waals surface area contributed by atoms with Crippen molar-refractivity contribution in [1.29, 1.82) is 0 Å². The molecule has 0 heterocycles. The Morgan fingerprint density at radius 2 is 1.50 bits per heavy atom. The van der Waals surface area contributed by atoms with E-state index in [1.165, 1.54) is 0 Å². The highest BCUT2D eigenvalue weighted by molar-refractivity contribution is 7.83. The van der Waals surface area contributed by atoms with Gasteiger partial charge in [0.1, 0.15) is 6.04 Å². The lowest BCUT2D eigenvalue weighted by atomic mass is 10.2. The van der Waals surface area contributed by atoms with E-state index in [0.717, 1.165) is 0 Å². The van der Waals surface area contributed by atoms with E-state index in [-0.39, 0.29) is 0 Å². The topological polar surface area (TPSA) is 191 Å². The van der Waals surface area contributed by atoms with Gasteiger partial charge in [-0.25, -0.2) is 0 Å². The molecule has 0 aromatic rings. The number of carboxylic acid groups (broad SMARTS) is 1. The van der Waals surface area contributed by atoms with Gasteiger partial charge in [-0.05, 0) is 12.2 Å². The molecule has 0 saturated carbocycles. The van der Waals surface area contributed by atoms with Crippen molar-refractivity contribution < 1.29 is 44.5 Å². The number of carboxylic acids is 1. The van der Waals surface area contributed by atoms with Crippen LogP contribution < -0.4 is 5.73 Å². The highest BCUT2D eigenvalue weighted by Crippen LogP contribution is 1.92. The maximum atomic E-state index is 9.93. The highest BCUT2D eigenvalue weighted by atomic mass is 32.3. The first-order valence-corrected chi connectivity index (χ1v) is 7.17. The fourth-order valence-corrected chi connectivity index (χ4v) is 1.17. The minimum Gasteiger partial charge on any atom is -0.480 e. The molecule has 14 heteroatoms. The summed E-state index contributed by atoms with van der Waals surface area (Å²) in [4.78, 5) is 9.93. The van der Waals surface area contributed by atoms with Crippen LogP contribution in [0, 0.1) is 0 Å². The van der Waals surface area contributed by atoms with Crippen LogP contribution >= 0.6 is 12.6 Å². The zero-order valence-electron chi connectivity index (χ0n) is 8.53. The molecule has 0 aromatic heterocycles. The number of nitrogens with two attached hydrogens (primary N) is 1. The van der Waals surface area contributed by atoms with Crippen LogP contribution in [0.3, 0.4) is 0 Å². The maximum absolute atomic E-state index is 9.93. The molecule has 0 amide bonds. The van der Waals surface area contributed by atoms with E-state index in [2.05, 4.69) is 21.3 Å². The normalized spacial score (nSPS) is 13.3. The molecule has 0 spiro atoms. The van der Waals surface area contributed by atoms with Gasteiger partial charge in [0.2, 0.25) is 0 Å². The minimum absolute atomic E-state index is 0.429. The van der Waals surface area contributed by atoms with Gasteiger partial charge in [-0.2, -0.15) is 29.5 Å². The van der Waals surface area contributed by atoms with E-state index >= 15 is 0 Å². The van der Waals surface area contributed by atoms with Crippen molar-refractivity contribution in [2.45, 2.75) is 12.5 Å². The Bertz CT molecular complexity index is 408. The third-order valence-electron chi connectivity index (χ3n) is 0.957. The second kappa shape index (κ2) is 8.59. The van der Waals surface area contributed by atoms with Crippen LogP contribution in [0.25, 0.3) is 0 Å². The Hall–Kier alpha value is -0.480. The molecule has 11 nitrogen and oxygen atoms in total. The molecular formula is C4H11NO10S3. The summed E-state index contributed by atoms with van der Waals surface area (Å²) in [5.74, 6) is -0.438. The summed E-state index contributed by atoms with van der Waals surface area (Å²) in [6.45, 7) is 0. The summed E-state index contributed by atoms with van der Waals surface area (Å²) < 4.78 is 58.9. The van der Waals surface area contributed by atoms with Gasteiger partial charge in [-0.3, -0.25) is 13.9 Å². The molecule has 0 rings (SSSR count). The molecule has 5 N–H and O–H groups in total. The van der Waals surface area contributed by atoms with Crippen molar-refractivity contribution in [1.82, 2.24) is 0 Å². The third-order valence-corrected chi connectivity index (χ3v) is 1.78. The summed E-state index contributed by atoms with van der Waals surface area (Å²) in [5.41, 5.74) is 5.08. The molecular weight excluding hydrogens is 318 g/mol. The van der Waals surface area contributed by atoms with Gasteiger partial charge in [0.25, 0.3) is 0 Å². The van der Waals surface area contributed by atoms with Gasteiger partial charge in [0.05, 0.1) is 0 Å². The molecule has 110 valence electrons. The first-order valence-electron chi connectivity index (χ1n) is 3.81. The second-order valence-corrected chi connectivity index (χ2v) is 4.88. The number of rotatable bonds is 6. The monoisotopic (exact) mass is 329 g/mol. The lowest BCUT2D eigenvalue weighted by Gasteiger charge is -2.00. The van der Waals surface area contributed by atoms with E-state index in [1.54, 1.807) is 0 Å². The Labute approximate surface area is 108 Å². The van der Waals surface area contributed by atoms with Crippen LogP contribution in [-0.2, 0) is 34.3 Å². The molecule has 0 saturated heterocycles. The third kappa shape index (κ3) is 17.9. The maximum Gasteiger partial charge on any atom is 0.425 e. The van der Waals surface area contributed by atoms with Crippen LogP contribution in [0.15, 0.2) is 0 Å². The lowest BCUT2D eigenvalue weighted by molar-refractivity contribution is -0.138. The molecule has 0 fully saturated rings. The summed E-state index contributed by atoms with van der Waals surface area (Å²) in [7, 11) is -10.0. The average Bonchev–Trinajstić information content (AvgIpc) is 2.14. The molecule has 0 aliphatic heterocycles. The van der Waals surface area contributed by atoms with Gasteiger partial charge in [-0.15, -0.1) is 0 Å². The molecule has 0 aliphatic carbocycles. The second-order valence-electron chi connectivity index (χ2n) is 2.45. The smallest absolute Gasteiger partial charge is 0.425 e. The number of hydrogen-bond acceptors (Lipinski definition) is 9. The van der Waals surface area contributed by atoms with Crippen molar-refractivity contribution in [3.63, 3.8) is 0 Å². The molecule has 0 bridgehead atoms. The van der Waals surface area contributed by atoms with Crippen LogP contribution in [0.4, 0.5) is 0 Å². The zero-order valence-corrected chi connectivity index (χ0v) is 11.1. The van der Waals surface area contributed by atoms with E-state index in [0.29, 0.717) is 12.2 Å². The van der Waals surface area contributed by atoms with Crippen LogP contribution in [-0.4, -0.2) is 48.8 Å². The van der Waals surface area contributed by atoms with Gasteiger partial charge < -0.3 is 10.8 Å². The lowest BCUT2D eigenvalue weighted by Crippen LogP contribution is -2.30. The minimum atomic E-state index is -5.02. The molecule has 18 heavy (non-hydrogen) atoms. The fourth-order valence-electron chi connectivity index (χ4n) is 0.333. The Kier molecular flexibility index (Phi) is 9.48. The first-order chi connectivity index (χ1) is 7.89. The van der Waals surface area contributed by atoms with E-state index in [1.807, 2.05) is 0 Å². The van der Waals surface area contributed by atoms with Crippen LogP contribution in [0.1, 0.15) is 6.42 Å². The van der Waals surface area contributed by atoms with Crippen molar-refractivity contribution in [2.75, 3.05) is 5.75 Å². The molecule has 0 radical (unpaired) electrons. The highest BCUT2D eigenvalue weighted by Gasteiger charge is 2.13. The summed E-state index contributed by atoms with van der Waals surface area (Å²) >= 11 is 3.81. The molecule has 0 aliphatic rings. The van der Waals surface area contributed by atoms with Gasteiger partial charge >= 0.3 is 26.8 Å². The largest absolute Gasteiger partial charge is 0.480 e. The van der Waals surface area contributed by atoms with Crippen molar-refractivity contribution in [2.24, 2.45) is 5.73 Å². The fraction of sp³-hybridized carbons (Fsp3) is 0.750. The van der Waals surface area contributed by atoms with E-state index in [9.17, 15) is 21.6 Å². The number of aliphatic carboxylic acids is 1. The van der Waals surface area contributed by atoms with Crippen molar-refractivity contribution in [3.8, 4) is 0 Å². The molecule has 1 unspecified atom stereocenters. The van der Waals surface area contributed by atoms with Gasteiger partial charge in [0.15, 0.2) is 0 Å². The quantitative estimate of drug-likeness (QED) is 0.161. The van der Waals surface area contributed by atoms with Crippen LogP contribution in [0.5, 0.6) is 0 Å². The van der Waals surface area contributed by atoms with E-state index in [4.69, 9.17) is 19.9 Å². The van der Waals surface area contributed by atoms with Gasteiger partial charge in [-0.1, -0.05) is 8.67 Å². The summed E-state index contributed by atoms with van der Waals surface area (Å²) in [6, 6.07) is -0.743. The Morgan fingerprint density at radius 3 is 1.61 bits per heavy atom. The molecule has 1 atom stereocenters. The molecule has 0 aromatic carbocycles. The Balaban J connectivity index is 0. The zero-order chi connectivity index (χ0) is 15.0. The first kappa shape index (κ1) is 19.9. The van der Waals surface area contributed by atoms with Crippen LogP contribution in [0.2, 0.25) is 0 Å². The van der Waals surface area contributed by atoms with Crippen molar-refractivity contribution >= 4 is 39.4 Å². The van der Waals surface area contributed by atoms with Gasteiger partial charge in [0, 0.05) is 0 Å².